The van der Waals surface area contributed by atoms with Crippen molar-refractivity contribution in [2.45, 2.75) is 0 Å². The zero-order chi connectivity index (χ0) is 9.64. The molecule has 1 aromatic rings. The highest BCUT2D eigenvalue weighted by atomic mass is 32.2. The normalized spacial score (nSPS) is 20.1. The van der Waals surface area contributed by atoms with Gasteiger partial charge in [0.2, 0.25) is 10.0 Å². The highest BCUT2D eigenvalue weighted by Crippen LogP contribution is 2.32. The molecule has 0 amide bonds. The van der Waals surface area contributed by atoms with Crippen LogP contribution in [0.15, 0.2) is 11.4 Å². The van der Waals surface area contributed by atoms with E-state index in [1.807, 2.05) is 0 Å². The van der Waals surface area contributed by atoms with Crippen LogP contribution in [0.4, 0.5) is 5.00 Å². The lowest BCUT2D eigenvalue weighted by Gasteiger charge is -2.22. The van der Waals surface area contributed by atoms with Crippen LogP contribution in [0.2, 0.25) is 0 Å². The second-order valence-corrected chi connectivity index (χ2v) is 5.68. The summed E-state index contributed by atoms with van der Waals surface area (Å²) in [7, 11) is -1.93. The quantitative estimate of drug-likeness (QED) is 0.643. The molecular weight excluding hydrogens is 210 g/mol. The number of hydrogen-bond acceptors (Lipinski definition) is 4. The van der Waals surface area contributed by atoms with E-state index in [9.17, 15) is 13.2 Å². The number of hydrogen-bond donors (Lipinski definition) is 0. The summed E-state index contributed by atoms with van der Waals surface area (Å²) in [4.78, 5) is 11.3. The molecule has 0 aliphatic carbocycles. The topological polar surface area (TPSA) is 54.5 Å². The molecule has 0 radical (unpaired) electrons. The Labute approximate surface area is 79.8 Å². The predicted molar refractivity (Wildman–Crippen MR) is 50.8 cm³/mol. The largest absolute Gasteiger partial charge is 0.293 e. The number of nitrogens with zero attached hydrogens (tertiary/aromatic N) is 1. The second kappa shape index (κ2) is 2.55. The van der Waals surface area contributed by atoms with Crippen LogP contribution in [0.5, 0.6) is 0 Å². The number of anilines is 1. The fourth-order valence-electron chi connectivity index (χ4n) is 1.22. The third-order valence-corrected chi connectivity index (χ3v) is 4.71. The second-order valence-electron chi connectivity index (χ2n) is 2.79. The summed E-state index contributed by atoms with van der Waals surface area (Å²) in [5.41, 5.74) is 0.516. The molecule has 13 heavy (non-hydrogen) atoms. The molecule has 0 saturated heterocycles. The molecule has 4 nitrogen and oxygen atoms in total. The van der Waals surface area contributed by atoms with E-state index in [-0.39, 0.29) is 5.78 Å². The average molecular weight is 217 g/mol. The van der Waals surface area contributed by atoms with Crippen LogP contribution in [0.25, 0.3) is 0 Å². The Kier molecular flexibility index (Phi) is 1.71. The van der Waals surface area contributed by atoms with E-state index in [2.05, 4.69) is 0 Å². The molecule has 2 rings (SSSR count). The van der Waals surface area contributed by atoms with Gasteiger partial charge in [-0.1, -0.05) is 0 Å². The van der Waals surface area contributed by atoms with E-state index in [0.29, 0.717) is 10.6 Å². The minimum Gasteiger partial charge on any atom is -0.293 e. The number of thiophene rings is 1. The fourth-order valence-corrected chi connectivity index (χ4v) is 3.52. The number of ketones is 1. The first-order chi connectivity index (χ1) is 6.02. The first-order valence-electron chi connectivity index (χ1n) is 3.59. The van der Waals surface area contributed by atoms with Crippen LogP contribution in [0.1, 0.15) is 10.4 Å². The summed E-state index contributed by atoms with van der Waals surface area (Å²) in [6.07, 6.45) is 0. The summed E-state index contributed by atoms with van der Waals surface area (Å²) in [5, 5.41) is 2.25. The zero-order valence-electron chi connectivity index (χ0n) is 6.85. The van der Waals surface area contributed by atoms with Gasteiger partial charge in [0, 0.05) is 7.05 Å². The van der Waals surface area contributed by atoms with Gasteiger partial charge in [0.25, 0.3) is 0 Å². The van der Waals surface area contributed by atoms with Crippen LogP contribution < -0.4 is 4.31 Å². The lowest BCUT2D eigenvalue weighted by atomic mass is 10.2. The van der Waals surface area contributed by atoms with Gasteiger partial charge < -0.3 is 0 Å². The van der Waals surface area contributed by atoms with Crippen LogP contribution in [-0.2, 0) is 10.0 Å². The van der Waals surface area contributed by atoms with Crippen molar-refractivity contribution in [1.82, 2.24) is 0 Å². The summed E-state index contributed by atoms with van der Waals surface area (Å²) >= 11 is 1.27. The van der Waals surface area contributed by atoms with Crippen LogP contribution >= 0.6 is 11.3 Å². The van der Waals surface area contributed by atoms with Gasteiger partial charge in [-0.25, -0.2) is 8.42 Å². The van der Waals surface area contributed by atoms with Gasteiger partial charge in [-0.15, -0.1) is 11.3 Å². The minimum absolute atomic E-state index is 0.311. The molecule has 0 N–H and O–H groups in total. The Hall–Kier alpha value is -0.880. The highest BCUT2D eigenvalue weighted by molar-refractivity contribution is 7.93. The molecule has 2 heterocycles. The Morgan fingerprint density at radius 1 is 1.54 bits per heavy atom. The van der Waals surface area contributed by atoms with E-state index < -0.39 is 15.8 Å². The van der Waals surface area contributed by atoms with Crippen molar-refractivity contribution in [1.29, 1.82) is 0 Å². The maximum absolute atomic E-state index is 11.4. The lowest BCUT2D eigenvalue weighted by molar-refractivity contribution is 0.102. The number of sulfonamides is 1. The molecule has 0 saturated carbocycles. The third kappa shape index (κ3) is 1.17. The van der Waals surface area contributed by atoms with Gasteiger partial charge in [-0.3, -0.25) is 9.10 Å². The van der Waals surface area contributed by atoms with Gasteiger partial charge in [0.15, 0.2) is 5.78 Å². The number of Topliss-reactive ketones (excluding diaryl/α,β-unsaturated/α-hetero) is 1. The van der Waals surface area contributed by atoms with Gasteiger partial charge in [0.05, 0.1) is 5.56 Å². The number of fused-ring (bicyclic) bond motifs is 1. The van der Waals surface area contributed by atoms with Gasteiger partial charge >= 0.3 is 0 Å². The van der Waals surface area contributed by atoms with Crippen molar-refractivity contribution in [2.24, 2.45) is 0 Å². The number of rotatable bonds is 0. The van der Waals surface area contributed by atoms with E-state index in [1.165, 1.54) is 22.7 Å². The maximum Gasteiger partial charge on any atom is 0.243 e. The van der Waals surface area contributed by atoms with Crippen LogP contribution in [0.3, 0.4) is 0 Å². The molecule has 0 aromatic carbocycles. The SMILES string of the molecule is CN1c2sccc2C(=O)CS1(=O)=O. The van der Waals surface area contributed by atoms with Gasteiger partial charge in [-0.05, 0) is 11.4 Å². The molecular formula is C7H7NO3S2. The summed E-state index contributed by atoms with van der Waals surface area (Å²) in [6.45, 7) is 0. The molecule has 1 aliphatic heterocycles. The first-order valence-corrected chi connectivity index (χ1v) is 6.08. The van der Waals surface area contributed by atoms with Crippen molar-refractivity contribution >= 4 is 32.1 Å². The Morgan fingerprint density at radius 3 is 2.92 bits per heavy atom. The first kappa shape index (κ1) is 8.71. The molecule has 1 aromatic heterocycles. The Balaban J connectivity index is 2.67. The van der Waals surface area contributed by atoms with Gasteiger partial charge in [0.1, 0.15) is 10.8 Å². The predicted octanol–water partition coefficient (Wildman–Crippen LogP) is 0.710. The van der Waals surface area contributed by atoms with Crippen LogP contribution in [0, 0.1) is 0 Å². The van der Waals surface area contributed by atoms with Crippen molar-refractivity contribution in [2.75, 3.05) is 17.1 Å². The summed E-state index contributed by atoms with van der Waals surface area (Å²) in [6, 6.07) is 1.66. The number of carbonyl (C=O) groups excluding carboxylic acids is 1. The molecule has 0 unspecified atom stereocenters. The van der Waals surface area contributed by atoms with Crippen LogP contribution in [-0.4, -0.2) is 27.0 Å². The fraction of sp³-hybridized carbons (Fsp3) is 0.286. The molecule has 70 valence electrons. The average Bonchev–Trinajstić information content (AvgIpc) is 2.47. The number of carbonyl (C=O) groups is 1. The molecule has 6 heteroatoms. The minimum atomic E-state index is -3.40. The third-order valence-electron chi connectivity index (χ3n) is 1.96. The summed E-state index contributed by atoms with van der Waals surface area (Å²) < 4.78 is 23.9. The lowest BCUT2D eigenvalue weighted by Crippen LogP contribution is -2.36. The monoisotopic (exact) mass is 217 g/mol. The maximum atomic E-state index is 11.4. The van der Waals surface area contributed by atoms with E-state index in [1.54, 1.807) is 11.4 Å². The highest BCUT2D eigenvalue weighted by Gasteiger charge is 2.33. The molecule has 0 bridgehead atoms. The smallest absolute Gasteiger partial charge is 0.243 e. The Morgan fingerprint density at radius 2 is 2.23 bits per heavy atom. The van der Waals surface area contributed by atoms with Crippen molar-refractivity contribution in [3.05, 3.63) is 17.0 Å². The zero-order valence-corrected chi connectivity index (χ0v) is 8.48. The summed E-state index contributed by atoms with van der Waals surface area (Å²) in [5.74, 6) is -0.720. The molecule has 0 fully saturated rings. The van der Waals surface area contributed by atoms with E-state index in [4.69, 9.17) is 0 Å². The molecule has 1 aliphatic rings. The molecule has 0 atom stereocenters. The van der Waals surface area contributed by atoms with Crippen molar-refractivity contribution in [3.63, 3.8) is 0 Å². The van der Waals surface area contributed by atoms with E-state index in [0.717, 1.165) is 0 Å². The van der Waals surface area contributed by atoms with E-state index >= 15 is 0 Å². The van der Waals surface area contributed by atoms with Crippen molar-refractivity contribution in [3.8, 4) is 0 Å². The Bertz CT molecular complexity index is 460. The van der Waals surface area contributed by atoms with Crippen molar-refractivity contribution < 1.29 is 13.2 Å². The van der Waals surface area contributed by atoms with Gasteiger partial charge in [-0.2, -0.15) is 0 Å². The molecule has 0 spiro atoms. The standard InChI is InChI=1S/C7H7NO3S2/c1-8-7-5(2-3-12-7)6(9)4-13(8,10)11/h2-3H,4H2,1H3.